The van der Waals surface area contributed by atoms with Crippen LogP contribution < -0.4 is 5.32 Å². The summed E-state index contributed by atoms with van der Waals surface area (Å²) in [6.07, 6.45) is 10.1. The molecule has 5 nitrogen and oxygen atoms in total. The molecule has 0 radical (unpaired) electrons. The highest BCUT2D eigenvalue weighted by Crippen LogP contribution is 2.18. The van der Waals surface area contributed by atoms with Crippen molar-refractivity contribution < 1.29 is 14.7 Å². The van der Waals surface area contributed by atoms with Crippen molar-refractivity contribution in [2.24, 2.45) is 0 Å². The maximum Gasteiger partial charge on any atom is 0.277 e. The topological polar surface area (TPSA) is 69.6 Å². The summed E-state index contributed by atoms with van der Waals surface area (Å²) in [7, 11) is 0. The lowest BCUT2D eigenvalue weighted by Crippen LogP contribution is -2.34. The SMILES string of the molecule is CCCCCCCCc1ccc(NC2=CC(=O)N(CCO)C2=O)cc1. The average molecular weight is 344 g/mol. The van der Waals surface area contributed by atoms with Gasteiger partial charge in [0.25, 0.3) is 11.8 Å². The number of hydrogen-bond acceptors (Lipinski definition) is 4. The first-order valence-electron chi connectivity index (χ1n) is 9.20. The summed E-state index contributed by atoms with van der Waals surface area (Å²) in [4.78, 5) is 24.8. The number of nitrogens with zero attached hydrogens (tertiary/aromatic N) is 1. The number of aryl methyl sites for hydroxylation is 1. The van der Waals surface area contributed by atoms with Crippen LogP contribution in [0.25, 0.3) is 0 Å². The van der Waals surface area contributed by atoms with Crippen molar-refractivity contribution in [3.8, 4) is 0 Å². The van der Waals surface area contributed by atoms with Crippen molar-refractivity contribution in [3.63, 3.8) is 0 Å². The average Bonchev–Trinajstić information content (AvgIpc) is 2.87. The van der Waals surface area contributed by atoms with E-state index in [1.807, 2.05) is 12.1 Å². The molecule has 2 amide bonds. The molecule has 2 N–H and O–H groups in total. The molecule has 0 aromatic heterocycles. The lowest BCUT2D eigenvalue weighted by Gasteiger charge is -2.13. The van der Waals surface area contributed by atoms with Crippen LogP contribution in [0.4, 0.5) is 5.69 Å². The summed E-state index contributed by atoms with van der Waals surface area (Å²) in [5.74, 6) is -0.781. The van der Waals surface area contributed by atoms with E-state index in [0.717, 1.165) is 17.0 Å². The lowest BCUT2D eigenvalue weighted by molar-refractivity contribution is -0.137. The molecule has 5 heteroatoms. The Morgan fingerprint density at radius 1 is 1.00 bits per heavy atom. The van der Waals surface area contributed by atoms with E-state index in [1.54, 1.807) is 0 Å². The molecule has 1 aromatic carbocycles. The third-order valence-corrected chi connectivity index (χ3v) is 4.38. The van der Waals surface area contributed by atoms with E-state index in [9.17, 15) is 9.59 Å². The van der Waals surface area contributed by atoms with Gasteiger partial charge in [0.1, 0.15) is 5.70 Å². The highest BCUT2D eigenvalue weighted by Gasteiger charge is 2.30. The molecule has 1 aromatic rings. The van der Waals surface area contributed by atoms with Crippen molar-refractivity contribution in [3.05, 3.63) is 41.6 Å². The predicted octanol–water partition coefficient (Wildman–Crippen LogP) is 3.25. The van der Waals surface area contributed by atoms with Gasteiger partial charge in [-0.15, -0.1) is 0 Å². The molecule has 25 heavy (non-hydrogen) atoms. The molecule has 0 atom stereocenters. The van der Waals surface area contributed by atoms with E-state index in [1.165, 1.54) is 50.2 Å². The number of nitrogens with one attached hydrogen (secondary N) is 1. The van der Waals surface area contributed by atoms with Gasteiger partial charge in [0.2, 0.25) is 0 Å². The maximum atomic E-state index is 12.1. The van der Waals surface area contributed by atoms with Crippen molar-refractivity contribution in [2.75, 3.05) is 18.5 Å². The molecule has 0 saturated carbocycles. The van der Waals surface area contributed by atoms with Crippen molar-refractivity contribution in [2.45, 2.75) is 51.9 Å². The molecule has 1 aliphatic heterocycles. The Labute approximate surface area is 149 Å². The van der Waals surface area contributed by atoms with Crippen LogP contribution in [0, 0.1) is 0 Å². The second-order valence-corrected chi connectivity index (χ2v) is 6.42. The Bertz CT molecular complexity index is 608. The Morgan fingerprint density at radius 3 is 2.36 bits per heavy atom. The molecular formula is C20H28N2O3. The fourth-order valence-corrected chi connectivity index (χ4v) is 2.93. The smallest absolute Gasteiger partial charge is 0.277 e. The quantitative estimate of drug-likeness (QED) is 0.477. The third-order valence-electron chi connectivity index (χ3n) is 4.38. The van der Waals surface area contributed by atoms with Crippen molar-refractivity contribution in [1.29, 1.82) is 0 Å². The number of rotatable bonds is 11. The highest BCUT2D eigenvalue weighted by atomic mass is 16.3. The number of carbonyl (C=O) groups excluding carboxylic acids is 2. The van der Waals surface area contributed by atoms with Crippen LogP contribution in [0.5, 0.6) is 0 Å². The maximum absolute atomic E-state index is 12.1. The van der Waals surface area contributed by atoms with Crippen LogP contribution >= 0.6 is 0 Å². The number of carbonyl (C=O) groups is 2. The number of amides is 2. The van der Waals surface area contributed by atoms with Gasteiger partial charge in [-0.3, -0.25) is 14.5 Å². The highest BCUT2D eigenvalue weighted by molar-refractivity contribution is 6.17. The van der Waals surface area contributed by atoms with Crippen LogP contribution in [-0.2, 0) is 16.0 Å². The van der Waals surface area contributed by atoms with E-state index in [2.05, 4.69) is 24.4 Å². The molecule has 0 saturated heterocycles. The predicted molar refractivity (Wildman–Crippen MR) is 99.0 cm³/mol. The Kier molecular flexibility index (Phi) is 7.67. The van der Waals surface area contributed by atoms with E-state index in [0.29, 0.717) is 0 Å². The zero-order chi connectivity index (χ0) is 18.1. The number of unbranched alkanes of at least 4 members (excludes halogenated alkanes) is 5. The minimum atomic E-state index is -0.393. The first-order chi connectivity index (χ1) is 12.2. The van der Waals surface area contributed by atoms with Crippen LogP contribution in [0.15, 0.2) is 36.0 Å². The molecule has 2 rings (SSSR count). The number of benzene rings is 1. The first kappa shape index (κ1) is 19.2. The van der Waals surface area contributed by atoms with E-state index in [4.69, 9.17) is 5.11 Å². The summed E-state index contributed by atoms with van der Waals surface area (Å²) in [5, 5.41) is 11.9. The summed E-state index contributed by atoms with van der Waals surface area (Å²) >= 11 is 0. The fourth-order valence-electron chi connectivity index (χ4n) is 2.93. The first-order valence-corrected chi connectivity index (χ1v) is 9.20. The summed E-state index contributed by atoms with van der Waals surface area (Å²) in [6, 6.07) is 7.97. The standard InChI is InChI=1S/C20H28N2O3/c1-2-3-4-5-6-7-8-16-9-11-17(12-10-16)21-18-15-19(24)22(13-14-23)20(18)25/h9-12,15,21,23H,2-8,13-14H2,1H3. The number of aliphatic hydroxyl groups is 1. The van der Waals surface area contributed by atoms with E-state index in [-0.39, 0.29) is 24.8 Å². The minimum Gasteiger partial charge on any atom is -0.395 e. The van der Waals surface area contributed by atoms with Gasteiger partial charge in [-0.2, -0.15) is 0 Å². The largest absolute Gasteiger partial charge is 0.395 e. The number of aliphatic hydroxyl groups excluding tert-OH is 1. The molecule has 0 bridgehead atoms. The molecule has 1 heterocycles. The van der Waals surface area contributed by atoms with E-state index >= 15 is 0 Å². The molecule has 0 unspecified atom stereocenters. The second-order valence-electron chi connectivity index (χ2n) is 6.42. The van der Waals surface area contributed by atoms with Gasteiger partial charge in [-0.25, -0.2) is 0 Å². The Balaban J connectivity index is 1.80. The lowest BCUT2D eigenvalue weighted by atomic mass is 10.0. The zero-order valence-corrected chi connectivity index (χ0v) is 15.0. The van der Waals surface area contributed by atoms with Crippen LogP contribution in [-0.4, -0.2) is 35.0 Å². The number of anilines is 1. The van der Waals surface area contributed by atoms with Crippen LogP contribution in [0.3, 0.4) is 0 Å². The summed E-state index contributed by atoms with van der Waals surface area (Å²) < 4.78 is 0. The normalized spacial score (nSPS) is 14.2. The third kappa shape index (κ3) is 5.71. The number of hydrogen-bond donors (Lipinski definition) is 2. The molecule has 136 valence electrons. The Hall–Kier alpha value is -2.14. The Morgan fingerprint density at radius 2 is 1.68 bits per heavy atom. The van der Waals surface area contributed by atoms with Crippen molar-refractivity contribution in [1.82, 2.24) is 4.90 Å². The van der Waals surface area contributed by atoms with Gasteiger partial charge in [0.05, 0.1) is 13.2 Å². The molecule has 0 fully saturated rings. The van der Waals surface area contributed by atoms with Gasteiger partial charge in [0.15, 0.2) is 0 Å². The fraction of sp³-hybridized carbons (Fsp3) is 0.500. The molecule has 0 spiro atoms. The van der Waals surface area contributed by atoms with Crippen LogP contribution in [0.2, 0.25) is 0 Å². The molecule has 0 aliphatic carbocycles. The van der Waals surface area contributed by atoms with Gasteiger partial charge < -0.3 is 10.4 Å². The number of imide groups is 1. The van der Waals surface area contributed by atoms with Crippen molar-refractivity contribution >= 4 is 17.5 Å². The monoisotopic (exact) mass is 344 g/mol. The number of β-amino-alcohol motifs (C(OH)–C–C–N with tert-alkyl or cyclic N) is 1. The van der Waals surface area contributed by atoms with Crippen LogP contribution in [0.1, 0.15) is 51.0 Å². The molecular weight excluding hydrogens is 316 g/mol. The minimum absolute atomic E-state index is 0.0243. The van der Waals surface area contributed by atoms with E-state index < -0.39 is 5.91 Å². The summed E-state index contributed by atoms with van der Waals surface area (Å²) in [5.41, 5.74) is 2.32. The second kappa shape index (κ2) is 9.99. The van der Waals surface area contributed by atoms with Gasteiger partial charge in [-0.05, 0) is 30.5 Å². The van der Waals surface area contributed by atoms with Gasteiger partial charge in [-0.1, -0.05) is 51.2 Å². The van der Waals surface area contributed by atoms with Gasteiger partial charge in [0, 0.05) is 11.8 Å². The van der Waals surface area contributed by atoms with Gasteiger partial charge >= 0.3 is 0 Å². The molecule has 1 aliphatic rings. The zero-order valence-electron chi connectivity index (χ0n) is 15.0. The summed E-state index contributed by atoms with van der Waals surface area (Å²) in [6.45, 7) is 2.02.